The first kappa shape index (κ1) is 14.5. The molecule has 21 heavy (non-hydrogen) atoms. The Kier molecular flexibility index (Phi) is 4.82. The molecule has 0 radical (unpaired) electrons. The van der Waals surface area contributed by atoms with Gasteiger partial charge in [0.15, 0.2) is 0 Å². The van der Waals surface area contributed by atoms with Crippen molar-refractivity contribution in [2.75, 3.05) is 32.8 Å². The van der Waals surface area contributed by atoms with Gasteiger partial charge in [-0.2, -0.15) is 0 Å². The predicted molar refractivity (Wildman–Crippen MR) is 76.9 cm³/mol. The number of fused-ring (bicyclic) bond motifs is 1. The summed E-state index contributed by atoms with van der Waals surface area (Å²) in [4.78, 5) is 12.1. The van der Waals surface area contributed by atoms with E-state index in [-0.39, 0.29) is 11.8 Å². The van der Waals surface area contributed by atoms with E-state index < -0.39 is 0 Å². The molecule has 0 spiro atoms. The Morgan fingerprint density at radius 1 is 1.33 bits per heavy atom. The maximum atomic E-state index is 12.1. The van der Waals surface area contributed by atoms with Crippen molar-refractivity contribution in [1.82, 2.24) is 25.4 Å². The molecule has 0 unspecified atom stereocenters. The topological polar surface area (TPSA) is 81.1 Å². The van der Waals surface area contributed by atoms with Crippen molar-refractivity contribution < 1.29 is 9.53 Å². The highest BCUT2D eigenvalue weighted by Gasteiger charge is 2.21. The number of ether oxygens (including phenoxy) is 1. The van der Waals surface area contributed by atoms with Crippen LogP contribution in [0.2, 0.25) is 0 Å². The highest BCUT2D eigenvalue weighted by molar-refractivity contribution is 5.78. The lowest BCUT2D eigenvalue weighted by molar-refractivity contribution is -0.127. The van der Waals surface area contributed by atoms with Crippen LogP contribution in [0.3, 0.4) is 0 Å². The monoisotopic (exact) mass is 293 g/mol. The van der Waals surface area contributed by atoms with Crippen molar-refractivity contribution in [2.45, 2.75) is 32.2 Å². The second kappa shape index (κ2) is 7.00. The van der Waals surface area contributed by atoms with Gasteiger partial charge in [0, 0.05) is 58.2 Å². The molecule has 2 aliphatic heterocycles. The first-order chi connectivity index (χ1) is 10.3. The van der Waals surface area contributed by atoms with E-state index in [4.69, 9.17) is 4.74 Å². The molecule has 0 saturated carbocycles. The summed E-state index contributed by atoms with van der Waals surface area (Å²) in [6, 6.07) is 0. The van der Waals surface area contributed by atoms with Crippen LogP contribution in [0.1, 0.15) is 24.5 Å². The van der Waals surface area contributed by atoms with Gasteiger partial charge in [-0.05, 0) is 12.8 Å². The summed E-state index contributed by atoms with van der Waals surface area (Å²) in [7, 11) is 0. The largest absolute Gasteiger partial charge is 0.381 e. The molecule has 0 aromatic carbocycles. The molecule has 1 amide bonds. The third-order valence-corrected chi connectivity index (χ3v) is 4.18. The first-order valence-electron chi connectivity index (χ1n) is 7.82. The lowest BCUT2D eigenvalue weighted by atomic mass is 9.99. The summed E-state index contributed by atoms with van der Waals surface area (Å²) in [5.74, 6) is 2.28. The van der Waals surface area contributed by atoms with Crippen LogP contribution >= 0.6 is 0 Å². The predicted octanol–water partition coefficient (Wildman–Crippen LogP) is -0.491. The van der Waals surface area contributed by atoms with Gasteiger partial charge in [0.25, 0.3) is 0 Å². The minimum absolute atomic E-state index is 0.110. The number of aromatic nitrogens is 3. The zero-order chi connectivity index (χ0) is 14.5. The third kappa shape index (κ3) is 3.59. The van der Waals surface area contributed by atoms with E-state index in [2.05, 4.69) is 25.4 Å². The number of nitrogens with one attached hydrogen (secondary N) is 2. The van der Waals surface area contributed by atoms with Crippen LogP contribution in [0.4, 0.5) is 0 Å². The Morgan fingerprint density at radius 2 is 2.19 bits per heavy atom. The van der Waals surface area contributed by atoms with Gasteiger partial charge in [-0.3, -0.25) is 4.79 Å². The molecular formula is C14H23N5O2. The number of carbonyl (C=O) groups is 1. The normalized spacial score (nSPS) is 19.8. The van der Waals surface area contributed by atoms with E-state index in [1.54, 1.807) is 0 Å². The van der Waals surface area contributed by atoms with E-state index in [1.807, 2.05) is 0 Å². The molecule has 2 aliphatic rings. The van der Waals surface area contributed by atoms with Gasteiger partial charge in [-0.15, -0.1) is 10.2 Å². The number of hydrogen-bond donors (Lipinski definition) is 2. The van der Waals surface area contributed by atoms with Crippen molar-refractivity contribution in [3.05, 3.63) is 11.6 Å². The summed E-state index contributed by atoms with van der Waals surface area (Å²) >= 11 is 0. The number of nitrogens with zero attached hydrogens (tertiary/aromatic N) is 3. The molecule has 1 aromatic heterocycles. The van der Waals surface area contributed by atoms with Crippen LogP contribution in [0, 0.1) is 5.92 Å². The average Bonchev–Trinajstić information content (AvgIpc) is 2.76. The van der Waals surface area contributed by atoms with Crippen LogP contribution in [-0.2, 0) is 28.9 Å². The van der Waals surface area contributed by atoms with Crippen LogP contribution < -0.4 is 10.6 Å². The summed E-state index contributed by atoms with van der Waals surface area (Å²) in [6.45, 7) is 4.84. The molecule has 7 heteroatoms. The summed E-state index contributed by atoms with van der Waals surface area (Å²) in [5.41, 5.74) is 0. The molecule has 2 N–H and O–H groups in total. The smallest absolute Gasteiger partial charge is 0.223 e. The lowest BCUT2D eigenvalue weighted by Gasteiger charge is -2.21. The van der Waals surface area contributed by atoms with E-state index in [0.29, 0.717) is 19.8 Å². The Hall–Kier alpha value is -1.47. The molecule has 116 valence electrons. The Bertz CT molecular complexity index is 482. The van der Waals surface area contributed by atoms with Crippen LogP contribution in [0.25, 0.3) is 0 Å². The number of carbonyl (C=O) groups excluding carboxylic acids is 1. The van der Waals surface area contributed by atoms with Gasteiger partial charge in [0.1, 0.15) is 11.6 Å². The molecule has 1 fully saturated rings. The molecule has 0 aliphatic carbocycles. The van der Waals surface area contributed by atoms with Crippen LogP contribution in [0.15, 0.2) is 0 Å². The van der Waals surface area contributed by atoms with E-state index in [0.717, 1.165) is 57.0 Å². The van der Waals surface area contributed by atoms with Gasteiger partial charge in [-0.1, -0.05) is 0 Å². The van der Waals surface area contributed by atoms with Gasteiger partial charge in [-0.25, -0.2) is 0 Å². The summed E-state index contributed by atoms with van der Waals surface area (Å²) in [6.07, 6.45) is 3.32. The summed E-state index contributed by atoms with van der Waals surface area (Å²) < 4.78 is 7.46. The van der Waals surface area contributed by atoms with Crippen LogP contribution in [0.5, 0.6) is 0 Å². The third-order valence-electron chi connectivity index (χ3n) is 4.18. The molecule has 0 bridgehead atoms. The molecule has 1 aromatic rings. The summed E-state index contributed by atoms with van der Waals surface area (Å²) in [5, 5.41) is 14.9. The van der Waals surface area contributed by atoms with Gasteiger partial charge in [0.05, 0.1) is 0 Å². The quantitative estimate of drug-likeness (QED) is 0.783. The molecule has 0 atom stereocenters. The van der Waals surface area contributed by atoms with Crippen molar-refractivity contribution in [2.24, 2.45) is 5.92 Å². The number of amides is 1. The van der Waals surface area contributed by atoms with Crippen molar-refractivity contribution in [1.29, 1.82) is 0 Å². The minimum Gasteiger partial charge on any atom is -0.381 e. The number of hydrogen-bond acceptors (Lipinski definition) is 5. The van der Waals surface area contributed by atoms with Gasteiger partial charge in [0.2, 0.25) is 5.91 Å². The second-order valence-electron chi connectivity index (χ2n) is 5.61. The van der Waals surface area contributed by atoms with Crippen molar-refractivity contribution >= 4 is 5.91 Å². The minimum atomic E-state index is 0.110. The molecule has 7 nitrogen and oxygen atoms in total. The average molecular weight is 293 g/mol. The molecular weight excluding hydrogens is 270 g/mol. The molecule has 3 heterocycles. The second-order valence-corrected chi connectivity index (χ2v) is 5.61. The van der Waals surface area contributed by atoms with Crippen molar-refractivity contribution in [3.8, 4) is 0 Å². The van der Waals surface area contributed by atoms with Crippen molar-refractivity contribution in [3.63, 3.8) is 0 Å². The fourth-order valence-electron chi connectivity index (χ4n) is 2.92. The zero-order valence-electron chi connectivity index (χ0n) is 12.3. The Labute approximate surface area is 124 Å². The first-order valence-corrected chi connectivity index (χ1v) is 7.82. The standard InChI is InChI=1S/C14H23N5O2/c20-14(11-3-9-21-10-4-11)16-6-2-13-18-17-12-1-5-15-7-8-19(12)13/h11,15H,1-10H2,(H,16,20). The zero-order valence-corrected chi connectivity index (χ0v) is 12.3. The highest BCUT2D eigenvalue weighted by atomic mass is 16.5. The van der Waals surface area contributed by atoms with Gasteiger partial charge < -0.3 is 19.9 Å². The van der Waals surface area contributed by atoms with E-state index in [9.17, 15) is 4.79 Å². The Morgan fingerprint density at radius 3 is 3.05 bits per heavy atom. The van der Waals surface area contributed by atoms with Gasteiger partial charge >= 0.3 is 0 Å². The fourth-order valence-corrected chi connectivity index (χ4v) is 2.92. The highest BCUT2D eigenvalue weighted by Crippen LogP contribution is 2.14. The van der Waals surface area contributed by atoms with E-state index in [1.165, 1.54) is 0 Å². The fraction of sp³-hybridized carbons (Fsp3) is 0.786. The van der Waals surface area contributed by atoms with Crippen LogP contribution in [-0.4, -0.2) is 53.5 Å². The van der Waals surface area contributed by atoms with E-state index >= 15 is 0 Å². The number of rotatable bonds is 4. The SMILES string of the molecule is O=C(NCCc1nnc2n1CCNCC2)C1CCOCC1. The maximum absolute atomic E-state index is 12.1. The Balaban J connectivity index is 1.49. The molecule has 3 rings (SSSR count). The molecule has 1 saturated heterocycles. The lowest BCUT2D eigenvalue weighted by Crippen LogP contribution is -2.35. The maximum Gasteiger partial charge on any atom is 0.223 e.